The minimum absolute atomic E-state index is 0.00603. The Morgan fingerprint density at radius 2 is 1.75 bits per heavy atom. The number of hydrogen-bond acceptors (Lipinski definition) is 14. The molecule has 0 saturated carbocycles. The molecule has 22 nitrogen and oxygen atoms in total. The molecule has 1 fully saturated rings. The van der Waals surface area contributed by atoms with Crippen LogP contribution in [0, 0.1) is 0 Å². The molecule has 6 atom stereocenters. The lowest BCUT2D eigenvalue weighted by Crippen LogP contribution is -2.50. The Morgan fingerprint density at radius 1 is 1.03 bits per heavy atom. The molecule has 2 amide bonds. The Bertz CT molecular complexity index is 3550. The molecular formula is C54H69N6O16P3. The Labute approximate surface area is 456 Å². The van der Waals surface area contributed by atoms with Crippen molar-refractivity contribution in [3.05, 3.63) is 136 Å². The number of nitrogens with zero attached hydrogens (tertiary/aromatic N) is 4. The number of aromatic amines is 1. The lowest BCUT2D eigenvalue weighted by atomic mass is 9.64. The Kier molecular flexibility index (Phi) is 16.5. The van der Waals surface area contributed by atoms with E-state index in [1.165, 1.54) is 61.8 Å². The van der Waals surface area contributed by atoms with Crippen molar-refractivity contribution in [1.29, 1.82) is 0 Å². The molecule has 4 aliphatic heterocycles. The molecule has 5 aliphatic rings. The van der Waals surface area contributed by atoms with E-state index in [-0.39, 0.29) is 47.7 Å². The van der Waals surface area contributed by atoms with Gasteiger partial charge in [0.1, 0.15) is 25.4 Å². The third-order valence-electron chi connectivity index (χ3n) is 15.9. The number of nitrogens with one attached hydrogen (secondary N) is 2. The number of benzene rings is 3. The van der Waals surface area contributed by atoms with Gasteiger partial charge in [-0.1, -0.05) is 51.1 Å². The number of aromatic nitrogens is 2. The number of ether oxygens (including phenoxy) is 1. The predicted octanol–water partition coefficient (Wildman–Crippen LogP) is 3.96. The molecule has 1 aliphatic carbocycles. The lowest BCUT2D eigenvalue weighted by molar-refractivity contribution is -0.211. The molecule has 79 heavy (non-hydrogen) atoms. The van der Waals surface area contributed by atoms with Gasteiger partial charge >= 0.3 is 21.3 Å². The van der Waals surface area contributed by atoms with Crippen LogP contribution in [0.25, 0.3) is 11.6 Å². The number of amides is 2. The molecule has 0 bridgehead atoms. The third-order valence-corrected chi connectivity index (χ3v) is 19.7. The van der Waals surface area contributed by atoms with Gasteiger partial charge in [-0.15, -0.1) is 0 Å². The maximum atomic E-state index is 14.8. The second kappa shape index (κ2) is 22.3. The number of carbonyl (C=O) groups is 2. The minimum Gasteiger partial charge on any atom is -0.756 e. The summed E-state index contributed by atoms with van der Waals surface area (Å²) in [6.07, 6.45) is 5.16. The zero-order chi connectivity index (χ0) is 57.1. The first kappa shape index (κ1) is 58.5. The van der Waals surface area contributed by atoms with Crippen molar-refractivity contribution in [1.82, 2.24) is 24.3 Å². The SMILES string of the molecule is CCN1c2cc3c(cc2C(C)CC1(C)C)C(c1ccccc1C(=O)N(C)CCCC(=O)NC/C=C/c1cn([C@H]2C[C@H](O)[C@@H](COP(=O)(O)OP(=O)([O-])OP(=O)(O)O)O2)c(=O)[nH]c1=O)=c1cc2c4c(c1C3(C)C)CCC[N+]=4CCC2. The van der Waals surface area contributed by atoms with Crippen molar-refractivity contribution < 1.29 is 65.8 Å². The molecule has 3 aromatic carbocycles. The van der Waals surface area contributed by atoms with Crippen molar-refractivity contribution in [3.63, 3.8) is 0 Å². The van der Waals surface area contributed by atoms with Crippen LogP contribution in [0.1, 0.15) is 147 Å². The molecule has 6 N–H and O–H groups in total. The van der Waals surface area contributed by atoms with Gasteiger partial charge in [-0.05, 0) is 115 Å². The van der Waals surface area contributed by atoms with Crippen LogP contribution in [0.2, 0.25) is 0 Å². The summed E-state index contributed by atoms with van der Waals surface area (Å²) in [6.45, 7) is 16.3. The summed E-state index contributed by atoms with van der Waals surface area (Å²) in [5, 5.41) is 15.9. The Balaban J connectivity index is 0.881. The van der Waals surface area contributed by atoms with Crippen molar-refractivity contribution in [2.75, 3.05) is 51.3 Å². The number of phosphoric ester groups is 1. The molecule has 25 heteroatoms. The summed E-state index contributed by atoms with van der Waals surface area (Å²) in [5.74, 6) is -0.143. The number of H-pyrrole nitrogens is 1. The fraction of sp³-hybridized carbons (Fsp3) is 0.500. The van der Waals surface area contributed by atoms with E-state index in [0.717, 1.165) is 73.6 Å². The number of anilines is 1. The van der Waals surface area contributed by atoms with Crippen LogP contribution in [-0.4, -0.2) is 110 Å². The number of phosphoric acid groups is 3. The van der Waals surface area contributed by atoms with E-state index in [9.17, 15) is 47.8 Å². The predicted molar refractivity (Wildman–Crippen MR) is 292 cm³/mol. The average molecular weight is 1150 g/mol. The summed E-state index contributed by atoms with van der Waals surface area (Å²) < 4.78 is 55.4. The van der Waals surface area contributed by atoms with Crippen LogP contribution in [-0.2, 0) is 54.6 Å². The number of aliphatic hydroxyl groups excluding tert-OH is 1. The van der Waals surface area contributed by atoms with Crippen LogP contribution in [0.5, 0.6) is 0 Å². The van der Waals surface area contributed by atoms with E-state index in [1.54, 1.807) is 11.9 Å². The highest BCUT2D eigenvalue weighted by Crippen LogP contribution is 2.64. The second-order valence-electron chi connectivity index (χ2n) is 22.2. The summed E-state index contributed by atoms with van der Waals surface area (Å²) in [6, 6.07) is 15.3. The van der Waals surface area contributed by atoms with Crippen LogP contribution < -0.4 is 41.5 Å². The van der Waals surface area contributed by atoms with Gasteiger partial charge < -0.3 is 44.5 Å². The summed E-state index contributed by atoms with van der Waals surface area (Å²) in [7, 11) is -15.6. The first-order chi connectivity index (χ1) is 37.1. The lowest BCUT2D eigenvalue weighted by Gasteiger charge is -2.48. The first-order valence-electron chi connectivity index (χ1n) is 26.6. The van der Waals surface area contributed by atoms with Gasteiger partial charge in [0.05, 0.1) is 18.3 Å². The van der Waals surface area contributed by atoms with Crippen LogP contribution >= 0.6 is 23.5 Å². The van der Waals surface area contributed by atoms with Gasteiger partial charge in [0.25, 0.3) is 19.3 Å². The smallest absolute Gasteiger partial charge is 0.478 e. The highest BCUT2D eigenvalue weighted by atomic mass is 31.3. The third kappa shape index (κ3) is 12.1. The van der Waals surface area contributed by atoms with E-state index < -0.39 is 59.8 Å². The molecule has 3 unspecified atom stereocenters. The fourth-order valence-electron chi connectivity index (χ4n) is 12.6. The Morgan fingerprint density at radius 3 is 2.47 bits per heavy atom. The largest absolute Gasteiger partial charge is 0.756 e. The number of fused-ring (bicyclic) bond motifs is 4. The van der Waals surface area contributed by atoms with Gasteiger partial charge in [0.15, 0.2) is 0 Å². The zero-order valence-electron chi connectivity index (χ0n) is 45.3. The Hall–Kier alpha value is -5.18. The number of carbonyl (C=O) groups excluding carboxylic acids is 2. The van der Waals surface area contributed by atoms with Gasteiger partial charge in [-0.2, -0.15) is 0 Å². The van der Waals surface area contributed by atoms with E-state index in [0.29, 0.717) is 24.4 Å². The number of rotatable bonds is 18. The normalized spacial score (nSPS) is 22.6. The number of hydrogen-bond donors (Lipinski definition) is 6. The topological polar surface area (TPSA) is 303 Å². The van der Waals surface area contributed by atoms with Crippen molar-refractivity contribution in [2.24, 2.45) is 0 Å². The van der Waals surface area contributed by atoms with Crippen molar-refractivity contribution >= 4 is 52.6 Å². The first-order valence-corrected chi connectivity index (χ1v) is 31.1. The fourth-order valence-corrected chi connectivity index (χ4v) is 15.6. The van der Waals surface area contributed by atoms with E-state index >= 15 is 0 Å². The molecule has 5 heterocycles. The standard InChI is InChI=1S/C54H69N6O16P3/c1-8-60-42-27-41-39(26-38(42)32(2)29-53(60,3)4)47(40-25-33-16-12-23-58-24-13-19-37(49(33)58)48(40)54(41,5)6)35-17-9-10-18-36(35)51(64)57(7)22-14-20-45(62)55-21-11-15-34-30-59(52(65)56-50(34)63)46-28-43(61)44(74-46)31-73-78(69,70)76-79(71,72)75-77(66,67)68/h9-11,15,17-18,25-27,30,32,43-44,46,61H,8,12-14,16,19-24,28-29,31H2,1-7H3,(H5-,55,56,62,63,65,66,67,68,69,70,71,72)/b15-11+/t32?,43-,44+,46+/m0/s1. The molecule has 4 aromatic rings. The van der Waals surface area contributed by atoms with Gasteiger partial charge in [-0.3, -0.25) is 33.0 Å². The summed E-state index contributed by atoms with van der Waals surface area (Å²) >= 11 is 0. The van der Waals surface area contributed by atoms with Crippen LogP contribution in [0.15, 0.2) is 64.3 Å². The van der Waals surface area contributed by atoms with Gasteiger partial charge in [-0.25, -0.2) is 27.1 Å². The molecular weight excluding hydrogens is 1080 g/mol. The highest BCUT2D eigenvalue weighted by molar-refractivity contribution is 7.65. The second-order valence-corrected chi connectivity index (χ2v) is 26.6. The van der Waals surface area contributed by atoms with E-state index in [2.05, 4.69) is 98.7 Å². The highest BCUT2D eigenvalue weighted by Gasteiger charge is 2.44. The molecule has 1 aromatic heterocycles. The molecule has 426 valence electrons. The monoisotopic (exact) mass is 1150 g/mol. The number of aliphatic hydroxyl groups is 1. The zero-order valence-corrected chi connectivity index (χ0v) is 48.0. The number of aryl methyl sites for hydroxylation is 1. The molecule has 1 saturated heterocycles. The summed E-state index contributed by atoms with van der Waals surface area (Å²) in [4.78, 5) is 98.6. The quantitative estimate of drug-likeness (QED) is 0.0607. The molecule has 0 spiro atoms. The maximum Gasteiger partial charge on any atom is 0.478 e. The molecule has 0 radical (unpaired) electrons. The van der Waals surface area contributed by atoms with Gasteiger partial charge in [0, 0.05) is 91.9 Å². The van der Waals surface area contributed by atoms with Crippen LogP contribution in [0.4, 0.5) is 5.69 Å². The van der Waals surface area contributed by atoms with Crippen LogP contribution in [0.3, 0.4) is 0 Å². The summed E-state index contributed by atoms with van der Waals surface area (Å²) in [5.41, 5.74) is 9.67. The minimum atomic E-state index is -6.04. The van der Waals surface area contributed by atoms with Crippen molar-refractivity contribution in [2.45, 2.75) is 128 Å². The van der Waals surface area contributed by atoms with Crippen molar-refractivity contribution in [3.8, 4) is 0 Å². The molecule has 9 rings (SSSR count). The van der Waals surface area contributed by atoms with E-state index in [4.69, 9.17) is 14.5 Å². The van der Waals surface area contributed by atoms with Gasteiger partial charge in [0.2, 0.25) is 11.3 Å². The maximum absolute atomic E-state index is 14.8. The van der Waals surface area contributed by atoms with E-state index in [1.807, 2.05) is 18.2 Å². The average Bonchev–Trinajstić information content (AvgIpc) is 3.58.